The van der Waals surface area contributed by atoms with Crippen LogP contribution in [0.1, 0.15) is 29.6 Å². The maximum absolute atomic E-state index is 12.2. The second-order valence-corrected chi connectivity index (χ2v) is 6.83. The third-order valence-electron chi connectivity index (χ3n) is 4.83. The van der Waals surface area contributed by atoms with Gasteiger partial charge in [-0.15, -0.1) is 0 Å². The highest BCUT2D eigenvalue weighted by atomic mass is 16.5. The number of likely N-dealkylation sites (tertiary alicyclic amines) is 1. The van der Waals surface area contributed by atoms with E-state index in [0.29, 0.717) is 37.1 Å². The third-order valence-corrected chi connectivity index (χ3v) is 4.83. The van der Waals surface area contributed by atoms with Gasteiger partial charge in [0.2, 0.25) is 5.89 Å². The van der Waals surface area contributed by atoms with Crippen molar-refractivity contribution in [3.8, 4) is 0 Å². The molecule has 0 radical (unpaired) electrons. The van der Waals surface area contributed by atoms with E-state index in [4.69, 9.17) is 4.52 Å². The van der Waals surface area contributed by atoms with Gasteiger partial charge in [0, 0.05) is 46.6 Å². The molecule has 0 aliphatic carbocycles. The first-order chi connectivity index (χ1) is 12.6. The standard InChI is InChI=1S/C19H27N5O2/c1-15-21-18(22-26-15)9-11-23(2)19(25)20-10-13-24-12-8-17(14-24)16-6-4-3-5-7-16/h3-7,17H,8-14H2,1-2H3,(H,20,25)/t17-/m0/s1. The van der Waals surface area contributed by atoms with Gasteiger partial charge in [0.25, 0.3) is 0 Å². The van der Waals surface area contributed by atoms with Crippen molar-refractivity contribution in [2.24, 2.45) is 0 Å². The molecule has 0 saturated carbocycles. The van der Waals surface area contributed by atoms with Crippen molar-refractivity contribution in [2.75, 3.05) is 39.8 Å². The number of benzene rings is 1. The van der Waals surface area contributed by atoms with Crippen molar-refractivity contribution in [3.05, 3.63) is 47.6 Å². The number of aryl methyl sites for hydroxylation is 1. The van der Waals surface area contributed by atoms with Crippen LogP contribution in [0, 0.1) is 6.92 Å². The minimum absolute atomic E-state index is 0.0657. The Hall–Kier alpha value is -2.41. The first-order valence-electron chi connectivity index (χ1n) is 9.17. The molecule has 7 heteroatoms. The molecule has 2 heterocycles. The van der Waals surface area contributed by atoms with E-state index in [1.165, 1.54) is 12.0 Å². The van der Waals surface area contributed by atoms with Gasteiger partial charge < -0.3 is 19.6 Å². The molecule has 1 aliphatic heterocycles. The summed E-state index contributed by atoms with van der Waals surface area (Å²) in [6.45, 7) is 6.01. The van der Waals surface area contributed by atoms with Gasteiger partial charge in [-0.3, -0.25) is 0 Å². The summed E-state index contributed by atoms with van der Waals surface area (Å²) in [4.78, 5) is 20.4. The van der Waals surface area contributed by atoms with E-state index < -0.39 is 0 Å². The minimum Gasteiger partial charge on any atom is -0.340 e. The van der Waals surface area contributed by atoms with Crippen LogP contribution in [0.4, 0.5) is 4.79 Å². The molecular weight excluding hydrogens is 330 g/mol. The van der Waals surface area contributed by atoms with Crippen LogP contribution in [-0.4, -0.2) is 65.7 Å². The van der Waals surface area contributed by atoms with E-state index in [9.17, 15) is 4.79 Å². The molecule has 0 bridgehead atoms. The quantitative estimate of drug-likeness (QED) is 0.821. The topological polar surface area (TPSA) is 74.5 Å². The Kier molecular flexibility index (Phi) is 6.22. The van der Waals surface area contributed by atoms with Crippen LogP contribution < -0.4 is 5.32 Å². The Morgan fingerprint density at radius 2 is 2.19 bits per heavy atom. The fourth-order valence-electron chi connectivity index (χ4n) is 3.30. The molecule has 140 valence electrons. The zero-order valence-corrected chi connectivity index (χ0v) is 15.5. The number of carbonyl (C=O) groups excluding carboxylic acids is 1. The molecule has 1 aromatic heterocycles. The van der Waals surface area contributed by atoms with E-state index in [1.54, 1.807) is 18.9 Å². The van der Waals surface area contributed by atoms with Crippen LogP contribution in [0.3, 0.4) is 0 Å². The number of urea groups is 1. The normalized spacial score (nSPS) is 17.4. The van der Waals surface area contributed by atoms with Gasteiger partial charge >= 0.3 is 6.03 Å². The van der Waals surface area contributed by atoms with E-state index in [1.807, 2.05) is 0 Å². The van der Waals surface area contributed by atoms with Crippen LogP contribution in [0.5, 0.6) is 0 Å². The van der Waals surface area contributed by atoms with Gasteiger partial charge in [-0.05, 0) is 24.4 Å². The first-order valence-corrected chi connectivity index (χ1v) is 9.17. The summed E-state index contributed by atoms with van der Waals surface area (Å²) in [7, 11) is 1.78. The number of carbonyl (C=O) groups is 1. The summed E-state index contributed by atoms with van der Waals surface area (Å²) < 4.78 is 4.93. The SMILES string of the molecule is Cc1nc(CCN(C)C(=O)NCCN2CC[C@H](c3ccccc3)C2)no1. The predicted molar refractivity (Wildman–Crippen MR) is 99.0 cm³/mol. The molecular formula is C19H27N5O2. The molecule has 0 spiro atoms. The van der Waals surface area contributed by atoms with Gasteiger partial charge in [0.1, 0.15) is 0 Å². The summed E-state index contributed by atoms with van der Waals surface area (Å²) in [6.07, 6.45) is 1.77. The first kappa shape index (κ1) is 18.4. The smallest absolute Gasteiger partial charge is 0.317 e. The number of rotatable bonds is 7. The van der Waals surface area contributed by atoms with Gasteiger partial charge in [-0.2, -0.15) is 4.98 Å². The Bertz CT molecular complexity index is 703. The van der Waals surface area contributed by atoms with E-state index in [2.05, 4.69) is 50.7 Å². The molecule has 1 fully saturated rings. The largest absolute Gasteiger partial charge is 0.340 e. The molecule has 26 heavy (non-hydrogen) atoms. The monoisotopic (exact) mass is 357 g/mol. The fourth-order valence-corrected chi connectivity index (χ4v) is 3.30. The van der Waals surface area contributed by atoms with Crippen molar-refractivity contribution < 1.29 is 9.32 Å². The molecule has 1 aliphatic rings. The molecule has 2 aromatic rings. The lowest BCUT2D eigenvalue weighted by Crippen LogP contribution is -2.41. The third kappa shape index (κ3) is 5.05. The molecule has 2 amide bonds. The van der Waals surface area contributed by atoms with Crippen LogP contribution in [0.2, 0.25) is 0 Å². The van der Waals surface area contributed by atoms with E-state index >= 15 is 0 Å². The number of hydrogen-bond donors (Lipinski definition) is 1. The van der Waals surface area contributed by atoms with Gasteiger partial charge in [0.05, 0.1) is 0 Å². The summed E-state index contributed by atoms with van der Waals surface area (Å²) in [5.74, 6) is 1.78. The Morgan fingerprint density at radius 1 is 1.38 bits per heavy atom. The Balaban J connectivity index is 1.33. The highest BCUT2D eigenvalue weighted by molar-refractivity contribution is 5.73. The average Bonchev–Trinajstić information content (AvgIpc) is 3.29. The zero-order valence-electron chi connectivity index (χ0n) is 15.5. The minimum atomic E-state index is -0.0657. The summed E-state index contributed by atoms with van der Waals surface area (Å²) >= 11 is 0. The summed E-state index contributed by atoms with van der Waals surface area (Å²) in [5.41, 5.74) is 1.41. The maximum atomic E-state index is 12.2. The van der Waals surface area contributed by atoms with Crippen molar-refractivity contribution >= 4 is 6.03 Å². The lowest BCUT2D eigenvalue weighted by Gasteiger charge is -2.20. The fraction of sp³-hybridized carbons (Fsp3) is 0.526. The molecule has 3 rings (SSSR count). The van der Waals surface area contributed by atoms with Crippen molar-refractivity contribution in [1.82, 2.24) is 25.3 Å². The lowest BCUT2D eigenvalue weighted by molar-refractivity contribution is 0.207. The van der Waals surface area contributed by atoms with E-state index in [-0.39, 0.29) is 6.03 Å². The number of nitrogens with zero attached hydrogens (tertiary/aromatic N) is 4. The Labute approximate surface area is 154 Å². The van der Waals surface area contributed by atoms with Crippen molar-refractivity contribution in [1.29, 1.82) is 0 Å². The molecule has 7 nitrogen and oxygen atoms in total. The maximum Gasteiger partial charge on any atom is 0.317 e. The lowest BCUT2D eigenvalue weighted by atomic mass is 9.99. The number of aromatic nitrogens is 2. The molecule has 1 aromatic carbocycles. The second-order valence-electron chi connectivity index (χ2n) is 6.83. The summed E-state index contributed by atoms with van der Waals surface area (Å²) in [5, 5.41) is 6.83. The Morgan fingerprint density at radius 3 is 2.92 bits per heavy atom. The van der Waals surface area contributed by atoms with Crippen LogP contribution in [0.15, 0.2) is 34.9 Å². The predicted octanol–water partition coefficient (Wildman–Crippen LogP) is 2.05. The average molecular weight is 357 g/mol. The van der Waals surface area contributed by atoms with Gasteiger partial charge in [-0.1, -0.05) is 35.5 Å². The van der Waals surface area contributed by atoms with Crippen molar-refractivity contribution in [2.45, 2.75) is 25.7 Å². The van der Waals surface area contributed by atoms with E-state index in [0.717, 1.165) is 19.6 Å². The highest BCUT2D eigenvalue weighted by Gasteiger charge is 2.23. The van der Waals surface area contributed by atoms with Gasteiger partial charge in [-0.25, -0.2) is 4.79 Å². The van der Waals surface area contributed by atoms with Crippen LogP contribution in [0.25, 0.3) is 0 Å². The summed E-state index contributed by atoms with van der Waals surface area (Å²) in [6, 6.07) is 10.6. The number of amides is 2. The molecule has 1 N–H and O–H groups in total. The van der Waals surface area contributed by atoms with Crippen LogP contribution in [-0.2, 0) is 6.42 Å². The zero-order chi connectivity index (χ0) is 18.4. The molecule has 1 saturated heterocycles. The molecule has 0 unspecified atom stereocenters. The number of likely N-dealkylation sites (N-methyl/N-ethyl adjacent to an activating group) is 1. The number of nitrogens with one attached hydrogen (secondary N) is 1. The van der Waals surface area contributed by atoms with Crippen LogP contribution >= 0.6 is 0 Å². The number of hydrogen-bond acceptors (Lipinski definition) is 5. The highest BCUT2D eigenvalue weighted by Crippen LogP contribution is 2.26. The molecule has 1 atom stereocenters. The van der Waals surface area contributed by atoms with Gasteiger partial charge in [0.15, 0.2) is 5.82 Å². The van der Waals surface area contributed by atoms with Crippen molar-refractivity contribution in [3.63, 3.8) is 0 Å². The second kappa shape index (κ2) is 8.80.